The Bertz CT molecular complexity index is 466. The molecule has 6 heteroatoms. The molecule has 1 aromatic rings. The van der Waals surface area contributed by atoms with Crippen LogP contribution in [-0.4, -0.2) is 21.6 Å². The largest absolute Gasteiger partial charge is 0.396 e. The van der Waals surface area contributed by atoms with Crippen LogP contribution < -0.4 is 11.1 Å². The number of anilines is 2. The third-order valence-corrected chi connectivity index (χ3v) is 3.88. The van der Waals surface area contributed by atoms with Gasteiger partial charge in [-0.15, -0.1) is 0 Å². The van der Waals surface area contributed by atoms with Crippen molar-refractivity contribution in [3.05, 3.63) is 24.0 Å². The highest BCUT2D eigenvalue weighted by atomic mass is 32.2. The number of halogens is 1. The SMILES string of the molecule is CCCCCS(=O)CC(=O)Nc1ccc(F)c(N)c1. The van der Waals surface area contributed by atoms with E-state index in [0.29, 0.717) is 11.4 Å². The van der Waals surface area contributed by atoms with Crippen molar-refractivity contribution in [1.29, 1.82) is 0 Å². The molecule has 1 rings (SSSR count). The molecular weight excluding hydrogens is 267 g/mol. The Labute approximate surface area is 115 Å². The number of nitrogens with two attached hydrogens (primary N) is 1. The van der Waals surface area contributed by atoms with Crippen LogP contribution in [0.5, 0.6) is 0 Å². The first kappa shape index (κ1) is 15.6. The van der Waals surface area contributed by atoms with E-state index in [2.05, 4.69) is 12.2 Å². The lowest BCUT2D eigenvalue weighted by Crippen LogP contribution is -2.20. The zero-order valence-electron chi connectivity index (χ0n) is 10.9. The summed E-state index contributed by atoms with van der Waals surface area (Å²) in [4.78, 5) is 11.6. The van der Waals surface area contributed by atoms with Gasteiger partial charge in [0.25, 0.3) is 0 Å². The molecule has 1 aromatic carbocycles. The topological polar surface area (TPSA) is 72.2 Å². The number of hydrogen-bond donors (Lipinski definition) is 2. The predicted molar refractivity (Wildman–Crippen MR) is 76.8 cm³/mol. The summed E-state index contributed by atoms with van der Waals surface area (Å²) >= 11 is 0. The number of nitrogen functional groups attached to an aromatic ring is 1. The Hall–Kier alpha value is -1.43. The molecule has 0 aromatic heterocycles. The molecule has 19 heavy (non-hydrogen) atoms. The summed E-state index contributed by atoms with van der Waals surface area (Å²) in [5.74, 6) is -0.379. The van der Waals surface area contributed by atoms with Crippen molar-refractivity contribution in [2.24, 2.45) is 0 Å². The third kappa shape index (κ3) is 5.83. The van der Waals surface area contributed by atoms with E-state index in [4.69, 9.17) is 5.73 Å². The van der Waals surface area contributed by atoms with Gasteiger partial charge in [0.2, 0.25) is 5.91 Å². The number of unbranched alkanes of at least 4 members (excludes halogenated alkanes) is 2. The quantitative estimate of drug-likeness (QED) is 0.596. The van der Waals surface area contributed by atoms with Crippen LogP contribution in [0.2, 0.25) is 0 Å². The van der Waals surface area contributed by atoms with Gasteiger partial charge in [0.1, 0.15) is 11.6 Å². The van der Waals surface area contributed by atoms with Gasteiger partial charge in [0.05, 0.1) is 5.69 Å². The fraction of sp³-hybridized carbons (Fsp3) is 0.462. The monoisotopic (exact) mass is 286 g/mol. The second kappa shape index (κ2) is 7.89. The van der Waals surface area contributed by atoms with Gasteiger partial charge in [-0.25, -0.2) is 4.39 Å². The number of hydrogen-bond acceptors (Lipinski definition) is 3. The molecule has 0 aliphatic rings. The van der Waals surface area contributed by atoms with Crippen LogP contribution in [0.15, 0.2) is 18.2 Å². The van der Waals surface area contributed by atoms with E-state index in [0.717, 1.165) is 19.3 Å². The first-order valence-corrected chi connectivity index (χ1v) is 7.71. The lowest BCUT2D eigenvalue weighted by atomic mass is 10.2. The van der Waals surface area contributed by atoms with Crippen LogP contribution in [0.3, 0.4) is 0 Å². The maximum Gasteiger partial charge on any atom is 0.236 e. The second-order valence-electron chi connectivity index (χ2n) is 4.28. The van der Waals surface area contributed by atoms with E-state index in [-0.39, 0.29) is 17.3 Å². The number of rotatable bonds is 7. The standard InChI is InChI=1S/C13H19FN2O2S/c1-2-3-4-7-19(18)9-13(17)16-10-5-6-11(14)12(15)8-10/h5-6,8H,2-4,7,9,15H2,1H3,(H,16,17). The maximum absolute atomic E-state index is 12.9. The van der Waals surface area contributed by atoms with E-state index in [1.807, 2.05) is 0 Å². The highest BCUT2D eigenvalue weighted by molar-refractivity contribution is 7.85. The number of carbonyl (C=O) groups is 1. The summed E-state index contributed by atoms with van der Waals surface area (Å²) in [5.41, 5.74) is 5.78. The summed E-state index contributed by atoms with van der Waals surface area (Å²) in [5, 5.41) is 2.55. The van der Waals surface area contributed by atoms with Gasteiger partial charge in [-0.3, -0.25) is 9.00 Å². The zero-order valence-corrected chi connectivity index (χ0v) is 11.8. The molecule has 3 N–H and O–H groups in total. The minimum atomic E-state index is -1.15. The number of benzene rings is 1. The number of amides is 1. The Morgan fingerprint density at radius 3 is 2.79 bits per heavy atom. The minimum absolute atomic E-state index is 0.0260. The van der Waals surface area contributed by atoms with Crippen molar-refractivity contribution in [1.82, 2.24) is 0 Å². The molecule has 0 radical (unpaired) electrons. The Balaban J connectivity index is 2.42. The predicted octanol–water partition coefficient (Wildman–Crippen LogP) is 2.29. The molecule has 0 fully saturated rings. The summed E-state index contributed by atoms with van der Waals surface area (Å²) in [6, 6.07) is 3.94. The summed E-state index contributed by atoms with van der Waals surface area (Å²) in [7, 11) is -1.15. The van der Waals surface area contributed by atoms with E-state index >= 15 is 0 Å². The van der Waals surface area contributed by atoms with E-state index in [1.54, 1.807) is 0 Å². The van der Waals surface area contributed by atoms with Gasteiger partial charge in [0, 0.05) is 22.2 Å². The molecule has 0 saturated carbocycles. The zero-order chi connectivity index (χ0) is 14.3. The Kier molecular flexibility index (Phi) is 6.49. The third-order valence-electron chi connectivity index (χ3n) is 2.55. The van der Waals surface area contributed by atoms with Crippen molar-refractivity contribution < 1.29 is 13.4 Å². The average Bonchev–Trinajstić information content (AvgIpc) is 2.34. The molecule has 1 atom stereocenters. The lowest BCUT2D eigenvalue weighted by Gasteiger charge is -2.06. The minimum Gasteiger partial charge on any atom is -0.396 e. The van der Waals surface area contributed by atoms with Gasteiger partial charge >= 0.3 is 0 Å². The van der Waals surface area contributed by atoms with Crippen molar-refractivity contribution >= 4 is 28.1 Å². The van der Waals surface area contributed by atoms with Gasteiger partial charge in [0.15, 0.2) is 0 Å². The first-order chi connectivity index (χ1) is 9.02. The van der Waals surface area contributed by atoms with E-state index < -0.39 is 16.6 Å². The van der Waals surface area contributed by atoms with Crippen LogP contribution in [-0.2, 0) is 15.6 Å². The van der Waals surface area contributed by atoms with Gasteiger partial charge < -0.3 is 11.1 Å². The molecule has 106 valence electrons. The number of carbonyl (C=O) groups excluding carboxylic acids is 1. The molecule has 0 aliphatic carbocycles. The first-order valence-electron chi connectivity index (χ1n) is 6.22. The molecule has 0 saturated heterocycles. The maximum atomic E-state index is 12.9. The van der Waals surface area contributed by atoms with Crippen molar-refractivity contribution in [2.45, 2.75) is 26.2 Å². The van der Waals surface area contributed by atoms with Crippen molar-refractivity contribution in [3.63, 3.8) is 0 Å². The van der Waals surface area contributed by atoms with Crippen LogP contribution in [0.1, 0.15) is 26.2 Å². The smallest absolute Gasteiger partial charge is 0.236 e. The van der Waals surface area contributed by atoms with E-state index in [1.165, 1.54) is 18.2 Å². The molecule has 0 spiro atoms. The van der Waals surface area contributed by atoms with E-state index in [9.17, 15) is 13.4 Å². The van der Waals surface area contributed by atoms with Crippen molar-refractivity contribution in [2.75, 3.05) is 22.6 Å². The highest BCUT2D eigenvalue weighted by Gasteiger charge is 2.09. The van der Waals surface area contributed by atoms with Crippen LogP contribution in [0.4, 0.5) is 15.8 Å². The molecule has 1 amide bonds. The highest BCUT2D eigenvalue weighted by Crippen LogP contribution is 2.16. The molecule has 4 nitrogen and oxygen atoms in total. The Morgan fingerprint density at radius 2 is 2.16 bits per heavy atom. The van der Waals surface area contributed by atoms with Crippen LogP contribution in [0.25, 0.3) is 0 Å². The fourth-order valence-corrected chi connectivity index (χ4v) is 2.59. The molecular formula is C13H19FN2O2S. The van der Waals surface area contributed by atoms with Crippen LogP contribution in [0, 0.1) is 5.82 Å². The van der Waals surface area contributed by atoms with Crippen molar-refractivity contribution in [3.8, 4) is 0 Å². The summed E-state index contributed by atoms with van der Waals surface area (Å²) < 4.78 is 24.5. The molecule has 0 bridgehead atoms. The molecule has 1 unspecified atom stereocenters. The normalized spacial score (nSPS) is 12.1. The average molecular weight is 286 g/mol. The fourth-order valence-electron chi connectivity index (χ4n) is 1.55. The van der Waals surface area contributed by atoms with Crippen LogP contribution >= 0.6 is 0 Å². The second-order valence-corrected chi connectivity index (χ2v) is 5.86. The molecule has 0 aliphatic heterocycles. The molecule has 0 heterocycles. The van der Waals surface area contributed by atoms with Gasteiger partial charge in [-0.1, -0.05) is 19.8 Å². The number of nitrogens with one attached hydrogen (secondary N) is 1. The van der Waals surface area contributed by atoms with Gasteiger partial charge in [-0.2, -0.15) is 0 Å². The van der Waals surface area contributed by atoms with Gasteiger partial charge in [-0.05, 0) is 24.6 Å². The summed E-state index contributed by atoms with van der Waals surface area (Å²) in [6.07, 6.45) is 2.93. The lowest BCUT2D eigenvalue weighted by molar-refractivity contribution is -0.113. The Morgan fingerprint density at radius 1 is 1.42 bits per heavy atom. The summed E-state index contributed by atoms with van der Waals surface area (Å²) in [6.45, 7) is 2.06.